The highest BCUT2D eigenvalue weighted by atomic mass is 16.5. The van der Waals surface area contributed by atoms with Crippen molar-refractivity contribution in [3.05, 3.63) is 5.21 Å². The lowest BCUT2D eigenvalue weighted by Gasteiger charge is -2.20. The molecule has 1 heterocycles. The van der Waals surface area contributed by atoms with Crippen LogP contribution in [0.15, 0.2) is 0 Å². The van der Waals surface area contributed by atoms with E-state index in [1.807, 2.05) is 0 Å². The molecule has 72 valence electrons. The van der Waals surface area contributed by atoms with Crippen LogP contribution in [0.5, 0.6) is 0 Å². The fourth-order valence-electron chi connectivity index (χ4n) is 3.72. The van der Waals surface area contributed by atoms with Crippen LogP contribution in [-0.2, 0) is 0 Å². The predicted octanol–water partition coefficient (Wildman–Crippen LogP) is 2.17. The van der Waals surface area contributed by atoms with E-state index in [-0.39, 0.29) is 0 Å². The molecule has 3 atom stereocenters. The second kappa shape index (κ2) is 2.73. The van der Waals surface area contributed by atoms with Crippen molar-refractivity contribution in [2.45, 2.75) is 38.5 Å². The molecule has 2 saturated carbocycles. The van der Waals surface area contributed by atoms with Crippen LogP contribution in [0.2, 0.25) is 0 Å². The van der Waals surface area contributed by atoms with E-state index >= 15 is 0 Å². The zero-order chi connectivity index (χ0) is 8.84. The maximum atomic E-state index is 11.8. The zero-order valence-corrected chi connectivity index (χ0v) is 8.04. The number of hydrogen-bond donors (Lipinski definition) is 0. The van der Waals surface area contributed by atoms with Gasteiger partial charge in [-0.1, -0.05) is 0 Å². The number of hydroxylamine groups is 1. The minimum atomic E-state index is 0.686. The van der Waals surface area contributed by atoms with Gasteiger partial charge < -0.3 is 5.21 Å². The molecule has 0 aromatic carbocycles. The molecule has 0 N–H and O–H groups in total. The van der Waals surface area contributed by atoms with Crippen LogP contribution in [0.3, 0.4) is 0 Å². The molecule has 2 nitrogen and oxygen atoms in total. The molecule has 0 spiro atoms. The first-order valence-electron chi connectivity index (χ1n) is 5.67. The molecule has 0 aromatic heterocycles. The lowest BCUT2D eigenvalue weighted by molar-refractivity contribution is -0.461. The van der Waals surface area contributed by atoms with Crippen molar-refractivity contribution in [1.29, 1.82) is 0 Å². The van der Waals surface area contributed by atoms with E-state index in [2.05, 4.69) is 0 Å². The predicted molar refractivity (Wildman–Crippen MR) is 51.7 cm³/mol. The lowest BCUT2D eigenvalue weighted by atomic mass is 9.84. The third-order valence-corrected chi connectivity index (χ3v) is 4.25. The molecule has 0 saturated heterocycles. The highest BCUT2D eigenvalue weighted by Gasteiger charge is 2.49. The highest BCUT2D eigenvalue weighted by molar-refractivity contribution is 5.88. The van der Waals surface area contributed by atoms with Crippen molar-refractivity contribution in [2.75, 3.05) is 6.54 Å². The van der Waals surface area contributed by atoms with Gasteiger partial charge in [0.25, 0.3) is 0 Å². The van der Waals surface area contributed by atoms with E-state index in [4.69, 9.17) is 0 Å². The van der Waals surface area contributed by atoms with Crippen molar-refractivity contribution in [3.63, 3.8) is 0 Å². The van der Waals surface area contributed by atoms with Gasteiger partial charge in [-0.2, -0.15) is 0 Å². The van der Waals surface area contributed by atoms with E-state index < -0.39 is 0 Å². The summed E-state index contributed by atoms with van der Waals surface area (Å²) in [6.07, 6.45) is 7.72. The Morgan fingerprint density at radius 1 is 1.15 bits per heavy atom. The molecule has 0 aromatic rings. The van der Waals surface area contributed by atoms with Gasteiger partial charge in [0.2, 0.25) is 0 Å². The molecule has 3 rings (SSSR count). The molecule has 2 aliphatic carbocycles. The largest absolute Gasteiger partial charge is 0.624 e. The van der Waals surface area contributed by atoms with Gasteiger partial charge in [0.1, 0.15) is 0 Å². The topological polar surface area (TPSA) is 26.1 Å². The fourth-order valence-corrected chi connectivity index (χ4v) is 3.72. The maximum absolute atomic E-state index is 11.8. The summed E-state index contributed by atoms with van der Waals surface area (Å²) < 4.78 is 1.35. The molecular weight excluding hydrogens is 162 g/mol. The first-order valence-corrected chi connectivity index (χ1v) is 5.67. The molecule has 0 amide bonds. The van der Waals surface area contributed by atoms with Crippen molar-refractivity contribution in [1.82, 2.24) is 0 Å². The number of nitrogens with zero attached hydrogens (tertiary/aromatic N) is 1. The molecule has 3 aliphatic rings. The van der Waals surface area contributed by atoms with Gasteiger partial charge in [-0.15, -0.1) is 0 Å². The van der Waals surface area contributed by atoms with Gasteiger partial charge in [0.05, 0.1) is 0 Å². The first-order chi connectivity index (χ1) is 6.36. The van der Waals surface area contributed by atoms with Crippen molar-refractivity contribution in [3.8, 4) is 0 Å². The monoisotopic (exact) mass is 179 g/mol. The van der Waals surface area contributed by atoms with E-state index in [0.717, 1.165) is 18.9 Å². The Morgan fingerprint density at radius 2 is 2.08 bits per heavy atom. The summed E-state index contributed by atoms with van der Waals surface area (Å²) in [5.74, 6) is 2.26. The molecule has 0 unspecified atom stereocenters. The maximum Gasteiger partial charge on any atom is 0.169 e. The second-order valence-electron chi connectivity index (χ2n) is 4.90. The van der Waals surface area contributed by atoms with E-state index in [1.165, 1.54) is 42.6 Å². The van der Waals surface area contributed by atoms with Crippen LogP contribution in [0.4, 0.5) is 0 Å². The average molecular weight is 179 g/mol. The molecular formula is C11H17NO. The third-order valence-electron chi connectivity index (χ3n) is 4.25. The Labute approximate surface area is 79.2 Å². The molecule has 13 heavy (non-hydrogen) atoms. The summed E-state index contributed by atoms with van der Waals surface area (Å²) in [7, 11) is 0. The van der Waals surface area contributed by atoms with Crippen LogP contribution in [-0.4, -0.2) is 17.0 Å². The number of hydrogen-bond acceptors (Lipinski definition) is 1. The van der Waals surface area contributed by atoms with Crippen molar-refractivity contribution >= 4 is 5.71 Å². The summed E-state index contributed by atoms with van der Waals surface area (Å²) >= 11 is 0. The van der Waals surface area contributed by atoms with Gasteiger partial charge in [0.15, 0.2) is 12.3 Å². The zero-order valence-electron chi connectivity index (χ0n) is 8.04. The van der Waals surface area contributed by atoms with E-state index in [1.54, 1.807) is 0 Å². The lowest BCUT2D eigenvalue weighted by Crippen LogP contribution is -2.28. The summed E-state index contributed by atoms with van der Waals surface area (Å²) in [4.78, 5) is 0. The Morgan fingerprint density at radius 3 is 3.00 bits per heavy atom. The van der Waals surface area contributed by atoms with Gasteiger partial charge in [-0.05, 0) is 38.0 Å². The Balaban J connectivity index is 1.99. The minimum absolute atomic E-state index is 0.686. The molecule has 2 bridgehead atoms. The molecule has 0 radical (unpaired) electrons. The SMILES string of the molecule is [O-][N+]1=C2[C@H]3CC[C@H](C3)[C@@H]2CCCC1. The summed E-state index contributed by atoms with van der Waals surface area (Å²) in [6, 6.07) is 0. The average Bonchev–Trinajstić information content (AvgIpc) is 2.66. The Kier molecular flexibility index (Phi) is 1.64. The second-order valence-corrected chi connectivity index (χ2v) is 4.90. The number of rotatable bonds is 0. The fraction of sp³-hybridized carbons (Fsp3) is 0.909. The first kappa shape index (κ1) is 7.84. The van der Waals surface area contributed by atoms with Gasteiger partial charge >= 0.3 is 0 Å². The van der Waals surface area contributed by atoms with Gasteiger partial charge in [0, 0.05) is 18.3 Å². The van der Waals surface area contributed by atoms with E-state index in [9.17, 15) is 5.21 Å². The minimum Gasteiger partial charge on any atom is -0.624 e. The van der Waals surface area contributed by atoms with Crippen LogP contribution in [0.1, 0.15) is 38.5 Å². The van der Waals surface area contributed by atoms with Crippen LogP contribution in [0, 0.1) is 23.0 Å². The summed E-state index contributed by atoms with van der Waals surface area (Å²) in [5, 5.41) is 11.8. The smallest absolute Gasteiger partial charge is 0.169 e. The quantitative estimate of drug-likeness (QED) is 0.413. The van der Waals surface area contributed by atoms with Crippen LogP contribution >= 0.6 is 0 Å². The summed E-state index contributed by atoms with van der Waals surface area (Å²) in [6.45, 7) is 0.773. The van der Waals surface area contributed by atoms with Crippen molar-refractivity contribution < 1.29 is 4.74 Å². The standard InChI is InChI=1S/C11H17NO/c13-12-6-2-1-3-10-8-4-5-9(7-8)11(10)12/h8-10H,1-7H2/t8-,9+,10+/m1/s1. The van der Waals surface area contributed by atoms with Gasteiger partial charge in [-0.25, -0.2) is 4.74 Å². The van der Waals surface area contributed by atoms with Crippen LogP contribution in [0.25, 0.3) is 0 Å². The highest BCUT2D eigenvalue weighted by Crippen LogP contribution is 2.48. The normalized spacial score (nSPS) is 43.5. The Hall–Kier alpha value is -0.530. The number of fused-ring (bicyclic) bond motifs is 5. The Bertz CT molecular complexity index is 259. The molecule has 2 fully saturated rings. The third kappa shape index (κ3) is 1.04. The van der Waals surface area contributed by atoms with Crippen molar-refractivity contribution in [2.24, 2.45) is 17.8 Å². The van der Waals surface area contributed by atoms with Gasteiger partial charge in [-0.3, -0.25) is 0 Å². The molecule has 1 aliphatic heterocycles. The van der Waals surface area contributed by atoms with Crippen LogP contribution < -0.4 is 0 Å². The van der Waals surface area contributed by atoms with E-state index in [0.29, 0.717) is 11.8 Å². The molecule has 2 heteroatoms. The summed E-state index contributed by atoms with van der Waals surface area (Å²) in [5.41, 5.74) is 1.30.